The monoisotopic (exact) mass is 440 g/mol. The van der Waals surface area contributed by atoms with E-state index in [2.05, 4.69) is 17.4 Å². The number of nitrogens with zero attached hydrogens (tertiary/aromatic N) is 1. The number of carbonyl (C=O) groups excluding carboxylic acids is 1. The number of amides is 1. The number of fused-ring (bicyclic) bond motifs is 4. The van der Waals surface area contributed by atoms with Gasteiger partial charge in [0.2, 0.25) is 0 Å². The number of carbonyl (C=O) groups is 2. The SMILES string of the molecule is Cn1ccc2cccc(C[C@H](NC(=O)OCC3c4ccccc4-c4ccccc43)C(=O)O)c21. The van der Waals surface area contributed by atoms with Crippen molar-refractivity contribution < 1.29 is 19.4 Å². The molecule has 0 spiro atoms. The van der Waals surface area contributed by atoms with Gasteiger partial charge in [-0.25, -0.2) is 9.59 Å². The fourth-order valence-corrected chi connectivity index (χ4v) is 4.81. The molecular formula is C27H24N2O4. The number of aliphatic carboxylic acids is 1. The van der Waals surface area contributed by atoms with Crippen molar-refractivity contribution in [2.45, 2.75) is 18.4 Å². The van der Waals surface area contributed by atoms with E-state index in [9.17, 15) is 14.7 Å². The van der Waals surface area contributed by atoms with Gasteiger partial charge in [-0.05, 0) is 39.3 Å². The second-order valence-corrected chi connectivity index (χ2v) is 8.35. The first kappa shape index (κ1) is 20.8. The molecular weight excluding hydrogens is 416 g/mol. The zero-order chi connectivity index (χ0) is 22.9. The molecule has 0 radical (unpaired) electrons. The van der Waals surface area contributed by atoms with Gasteiger partial charge in [-0.2, -0.15) is 0 Å². The molecule has 6 heteroatoms. The molecule has 1 heterocycles. The molecule has 0 unspecified atom stereocenters. The molecule has 5 rings (SSSR count). The first-order chi connectivity index (χ1) is 16.0. The topological polar surface area (TPSA) is 80.6 Å². The highest BCUT2D eigenvalue weighted by molar-refractivity contribution is 5.85. The molecule has 0 aliphatic heterocycles. The minimum absolute atomic E-state index is 0.0801. The van der Waals surface area contributed by atoms with Crippen LogP contribution in [0.3, 0.4) is 0 Å². The summed E-state index contributed by atoms with van der Waals surface area (Å²) in [5, 5.41) is 13.3. The predicted molar refractivity (Wildman–Crippen MR) is 126 cm³/mol. The Hall–Kier alpha value is -4.06. The van der Waals surface area contributed by atoms with Crippen molar-refractivity contribution in [1.82, 2.24) is 9.88 Å². The number of carboxylic acids is 1. The van der Waals surface area contributed by atoms with E-state index in [1.807, 2.05) is 78.5 Å². The summed E-state index contributed by atoms with van der Waals surface area (Å²) in [5.74, 6) is -1.18. The van der Waals surface area contributed by atoms with Crippen molar-refractivity contribution in [1.29, 1.82) is 0 Å². The Labute approximate surface area is 191 Å². The standard InChI is InChI=1S/C27H24N2O4/c1-29-14-13-17-7-6-8-18(25(17)29)15-24(26(30)31)28-27(32)33-16-23-21-11-4-2-9-19(21)20-10-3-5-12-22(20)23/h2-14,23-24H,15-16H2,1H3,(H,28,32)(H,30,31)/t24-/m0/s1. The largest absolute Gasteiger partial charge is 0.480 e. The number of hydrogen-bond acceptors (Lipinski definition) is 3. The Bertz CT molecular complexity index is 1310. The highest BCUT2D eigenvalue weighted by Crippen LogP contribution is 2.44. The van der Waals surface area contributed by atoms with Crippen molar-refractivity contribution in [3.05, 3.63) is 95.7 Å². The normalized spacial score (nSPS) is 13.4. The van der Waals surface area contributed by atoms with Gasteiger partial charge < -0.3 is 19.7 Å². The maximum atomic E-state index is 12.6. The zero-order valence-electron chi connectivity index (χ0n) is 18.2. The van der Waals surface area contributed by atoms with Crippen molar-refractivity contribution in [2.75, 3.05) is 6.61 Å². The minimum atomic E-state index is -1.10. The average Bonchev–Trinajstić information content (AvgIpc) is 3.36. The number of carboxylic acid groups (broad SMARTS) is 1. The zero-order valence-corrected chi connectivity index (χ0v) is 18.2. The summed E-state index contributed by atoms with van der Waals surface area (Å²) in [6.45, 7) is 0.138. The second-order valence-electron chi connectivity index (χ2n) is 8.35. The van der Waals surface area contributed by atoms with Crippen LogP contribution in [0.4, 0.5) is 4.79 Å². The van der Waals surface area contributed by atoms with Crippen molar-refractivity contribution in [3.8, 4) is 11.1 Å². The molecule has 0 bridgehead atoms. The van der Waals surface area contributed by atoms with Crippen LogP contribution in [-0.2, 0) is 23.0 Å². The predicted octanol–water partition coefficient (Wildman–Crippen LogP) is 4.71. The van der Waals surface area contributed by atoms with Crippen LogP contribution in [0.5, 0.6) is 0 Å². The van der Waals surface area contributed by atoms with E-state index in [4.69, 9.17) is 4.74 Å². The van der Waals surface area contributed by atoms with Gasteiger partial charge in [0.1, 0.15) is 12.6 Å². The third kappa shape index (κ3) is 3.84. The summed E-state index contributed by atoms with van der Waals surface area (Å²) in [4.78, 5) is 24.5. The van der Waals surface area contributed by atoms with Crippen LogP contribution in [0.1, 0.15) is 22.6 Å². The first-order valence-corrected chi connectivity index (χ1v) is 10.9. The lowest BCUT2D eigenvalue weighted by Crippen LogP contribution is -2.43. The quantitative estimate of drug-likeness (QED) is 0.455. The summed E-state index contributed by atoms with van der Waals surface area (Å²) in [6.07, 6.45) is 1.36. The number of benzene rings is 3. The molecule has 166 valence electrons. The van der Waals surface area contributed by atoms with Crippen molar-refractivity contribution in [2.24, 2.45) is 7.05 Å². The molecule has 1 aromatic heterocycles. The third-order valence-corrected chi connectivity index (χ3v) is 6.34. The van der Waals surface area contributed by atoms with E-state index >= 15 is 0 Å². The van der Waals surface area contributed by atoms with Crippen molar-refractivity contribution in [3.63, 3.8) is 0 Å². The Balaban J connectivity index is 1.30. The average molecular weight is 440 g/mol. The van der Waals surface area contributed by atoms with Crippen LogP contribution in [-0.4, -0.2) is 34.4 Å². The number of hydrogen-bond donors (Lipinski definition) is 2. The van der Waals surface area contributed by atoms with E-state index in [0.29, 0.717) is 0 Å². The Morgan fingerprint density at radius 1 is 0.970 bits per heavy atom. The third-order valence-electron chi connectivity index (χ3n) is 6.34. The molecule has 3 aromatic carbocycles. The van der Waals surface area contributed by atoms with Crippen LogP contribution >= 0.6 is 0 Å². The Morgan fingerprint density at radius 2 is 1.64 bits per heavy atom. The maximum absolute atomic E-state index is 12.6. The number of ether oxygens (including phenoxy) is 1. The van der Waals surface area contributed by atoms with Crippen LogP contribution in [0.15, 0.2) is 79.0 Å². The lowest BCUT2D eigenvalue weighted by Gasteiger charge is -2.18. The summed E-state index contributed by atoms with van der Waals surface area (Å²) in [6, 6.07) is 22.8. The smallest absolute Gasteiger partial charge is 0.407 e. The Morgan fingerprint density at radius 3 is 2.30 bits per heavy atom. The van der Waals surface area contributed by atoms with Gasteiger partial charge in [0.05, 0.1) is 5.52 Å². The number of aromatic nitrogens is 1. The lowest BCUT2D eigenvalue weighted by molar-refractivity contribution is -0.139. The van der Waals surface area contributed by atoms with E-state index in [-0.39, 0.29) is 18.9 Å². The highest BCUT2D eigenvalue weighted by Gasteiger charge is 2.30. The van der Waals surface area contributed by atoms with E-state index < -0.39 is 18.1 Å². The van der Waals surface area contributed by atoms with Gasteiger partial charge in [0.15, 0.2) is 0 Å². The minimum Gasteiger partial charge on any atom is -0.480 e. The number of aryl methyl sites for hydroxylation is 1. The number of rotatable bonds is 6. The van der Waals surface area contributed by atoms with E-state index in [1.54, 1.807) is 0 Å². The van der Waals surface area contributed by atoms with Gasteiger partial charge in [-0.1, -0.05) is 66.7 Å². The summed E-state index contributed by atoms with van der Waals surface area (Å²) >= 11 is 0. The molecule has 1 aliphatic carbocycles. The molecule has 33 heavy (non-hydrogen) atoms. The summed E-state index contributed by atoms with van der Waals surface area (Å²) < 4.78 is 7.49. The Kier molecular flexibility index (Phi) is 5.34. The number of para-hydroxylation sites is 1. The fourth-order valence-electron chi connectivity index (χ4n) is 4.81. The molecule has 0 saturated carbocycles. The fraction of sp³-hybridized carbons (Fsp3) is 0.185. The van der Waals surface area contributed by atoms with E-state index in [1.165, 1.54) is 0 Å². The molecule has 1 atom stereocenters. The van der Waals surface area contributed by atoms with Gasteiger partial charge in [-0.3, -0.25) is 0 Å². The van der Waals surface area contributed by atoms with Crippen LogP contribution in [0, 0.1) is 0 Å². The van der Waals surface area contributed by atoms with Crippen LogP contribution in [0.25, 0.3) is 22.0 Å². The van der Waals surface area contributed by atoms with Gasteiger partial charge in [-0.15, -0.1) is 0 Å². The molecule has 4 aromatic rings. The van der Waals surface area contributed by atoms with Gasteiger partial charge in [0.25, 0.3) is 0 Å². The maximum Gasteiger partial charge on any atom is 0.407 e. The number of alkyl carbamates (subject to hydrolysis) is 1. The molecule has 6 nitrogen and oxygen atoms in total. The number of nitrogens with one attached hydrogen (secondary N) is 1. The first-order valence-electron chi connectivity index (χ1n) is 10.9. The molecule has 0 fully saturated rings. The molecule has 1 amide bonds. The summed E-state index contributed by atoms with van der Waals surface area (Å²) in [5.41, 5.74) is 6.31. The highest BCUT2D eigenvalue weighted by atomic mass is 16.5. The summed E-state index contributed by atoms with van der Waals surface area (Å²) in [7, 11) is 1.92. The molecule has 1 aliphatic rings. The van der Waals surface area contributed by atoms with Crippen LogP contribution in [0.2, 0.25) is 0 Å². The van der Waals surface area contributed by atoms with E-state index in [0.717, 1.165) is 38.7 Å². The van der Waals surface area contributed by atoms with Gasteiger partial charge >= 0.3 is 12.1 Å². The molecule has 0 saturated heterocycles. The lowest BCUT2D eigenvalue weighted by atomic mass is 9.98. The molecule has 2 N–H and O–H groups in total. The second kappa shape index (κ2) is 8.47. The van der Waals surface area contributed by atoms with Crippen molar-refractivity contribution >= 4 is 23.0 Å². The van der Waals surface area contributed by atoms with Crippen LogP contribution < -0.4 is 5.32 Å². The van der Waals surface area contributed by atoms with Gasteiger partial charge in [0, 0.05) is 25.6 Å².